The second-order valence-corrected chi connectivity index (χ2v) is 4.82. The molecular formula is C11H14Cl2N2O. The van der Waals surface area contributed by atoms with E-state index in [1.165, 1.54) is 6.07 Å². The normalized spacial score (nSPS) is 20.4. The van der Waals surface area contributed by atoms with E-state index in [2.05, 4.69) is 4.90 Å². The first kappa shape index (κ1) is 11.8. The van der Waals surface area contributed by atoms with Crippen LogP contribution in [0.5, 0.6) is 5.75 Å². The SMILES string of the molecule is NCC1CCCN1c1cc(Cl)cc(Cl)c1O. The Balaban J connectivity index is 2.39. The van der Waals surface area contributed by atoms with E-state index in [0.717, 1.165) is 19.4 Å². The Morgan fingerprint density at radius 3 is 2.88 bits per heavy atom. The molecule has 0 saturated carbocycles. The van der Waals surface area contributed by atoms with Gasteiger partial charge in [-0.1, -0.05) is 23.2 Å². The maximum atomic E-state index is 9.92. The number of anilines is 1. The molecule has 0 radical (unpaired) electrons. The van der Waals surface area contributed by atoms with Crippen molar-refractivity contribution >= 4 is 28.9 Å². The summed E-state index contributed by atoms with van der Waals surface area (Å²) in [5.74, 6) is 0.0893. The molecule has 0 spiro atoms. The highest BCUT2D eigenvalue weighted by molar-refractivity contribution is 6.36. The van der Waals surface area contributed by atoms with Crippen molar-refractivity contribution in [1.29, 1.82) is 0 Å². The van der Waals surface area contributed by atoms with Gasteiger partial charge in [0.05, 0.1) is 10.7 Å². The molecular weight excluding hydrogens is 247 g/mol. The number of rotatable bonds is 2. The van der Waals surface area contributed by atoms with Crippen LogP contribution in [0.15, 0.2) is 12.1 Å². The van der Waals surface area contributed by atoms with Gasteiger partial charge in [-0.05, 0) is 25.0 Å². The molecule has 1 aromatic rings. The number of halogens is 2. The summed E-state index contributed by atoms with van der Waals surface area (Å²) in [6.07, 6.45) is 2.12. The van der Waals surface area contributed by atoms with Crippen molar-refractivity contribution in [1.82, 2.24) is 0 Å². The highest BCUT2D eigenvalue weighted by Gasteiger charge is 2.26. The molecule has 1 atom stereocenters. The Labute approximate surface area is 105 Å². The van der Waals surface area contributed by atoms with E-state index < -0.39 is 0 Å². The van der Waals surface area contributed by atoms with E-state index in [1.54, 1.807) is 6.07 Å². The predicted molar refractivity (Wildman–Crippen MR) is 67.5 cm³/mol. The van der Waals surface area contributed by atoms with Gasteiger partial charge in [-0.2, -0.15) is 0 Å². The summed E-state index contributed by atoms with van der Waals surface area (Å²) in [4.78, 5) is 2.08. The van der Waals surface area contributed by atoms with Crippen LogP contribution >= 0.6 is 23.2 Å². The zero-order valence-corrected chi connectivity index (χ0v) is 10.3. The largest absolute Gasteiger partial charge is 0.504 e. The van der Waals surface area contributed by atoms with Gasteiger partial charge in [0.1, 0.15) is 0 Å². The zero-order chi connectivity index (χ0) is 11.7. The maximum Gasteiger partial charge on any atom is 0.157 e. The molecule has 5 heteroatoms. The third-order valence-electron chi connectivity index (χ3n) is 2.97. The lowest BCUT2D eigenvalue weighted by Gasteiger charge is -2.26. The number of hydrogen-bond acceptors (Lipinski definition) is 3. The maximum absolute atomic E-state index is 9.92. The number of benzene rings is 1. The number of phenolic OH excluding ortho intramolecular Hbond substituents is 1. The Bertz CT molecular complexity index is 398. The van der Waals surface area contributed by atoms with Crippen LogP contribution in [0.3, 0.4) is 0 Å². The number of nitrogens with zero attached hydrogens (tertiary/aromatic N) is 1. The average molecular weight is 261 g/mol. The Morgan fingerprint density at radius 1 is 1.44 bits per heavy atom. The van der Waals surface area contributed by atoms with Gasteiger partial charge in [0.15, 0.2) is 5.75 Å². The molecule has 3 nitrogen and oxygen atoms in total. The number of phenols is 1. The topological polar surface area (TPSA) is 49.5 Å². The Morgan fingerprint density at radius 2 is 2.19 bits per heavy atom. The number of hydrogen-bond donors (Lipinski definition) is 2. The predicted octanol–water partition coefficient (Wildman–Crippen LogP) is 2.63. The average Bonchev–Trinajstić information content (AvgIpc) is 2.71. The van der Waals surface area contributed by atoms with Crippen molar-refractivity contribution in [2.75, 3.05) is 18.0 Å². The van der Waals surface area contributed by atoms with Crippen molar-refractivity contribution in [2.24, 2.45) is 5.73 Å². The Kier molecular flexibility index (Phi) is 3.47. The minimum Gasteiger partial charge on any atom is -0.504 e. The molecule has 2 rings (SSSR count). The van der Waals surface area contributed by atoms with Crippen molar-refractivity contribution in [3.8, 4) is 5.75 Å². The summed E-state index contributed by atoms with van der Waals surface area (Å²) in [5, 5.41) is 10.7. The molecule has 1 unspecified atom stereocenters. The number of nitrogens with two attached hydrogens (primary N) is 1. The van der Waals surface area contributed by atoms with Crippen molar-refractivity contribution in [3.05, 3.63) is 22.2 Å². The minimum absolute atomic E-state index is 0.0893. The van der Waals surface area contributed by atoms with Crippen molar-refractivity contribution in [3.63, 3.8) is 0 Å². The van der Waals surface area contributed by atoms with Crippen LogP contribution in [0.1, 0.15) is 12.8 Å². The van der Waals surface area contributed by atoms with Crippen molar-refractivity contribution < 1.29 is 5.11 Å². The lowest BCUT2D eigenvalue weighted by Crippen LogP contribution is -2.35. The van der Waals surface area contributed by atoms with Gasteiger partial charge in [-0.15, -0.1) is 0 Å². The molecule has 1 heterocycles. The number of aromatic hydroxyl groups is 1. The summed E-state index contributed by atoms with van der Waals surface area (Å²) in [6.45, 7) is 1.45. The van der Waals surface area contributed by atoms with Gasteiger partial charge in [-0.25, -0.2) is 0 Å². The summed E-state index contributed by atoms with van der Waals surface area (Å²) in [7, 11) is 0. The van der Waals surface area contributed by atoms with Gasteiger partial charge in [0.25, 0.3) is 0 Å². The molecule has 1 fully saturated rings. The van der Waals surface area contributed by atoms with E-state index in [1.807, 2.05) is 0 Å². The third-order valence-corrected chi connectivity index (χ3v) is 3.47. The second kappa shape index (κ2) is 4.70. The quantitative estimate of drug-likeness (QED) is 0.860. The molecule has 0 bridgehead atoms. The summed E-state index contributed by atoms with van der Waals surface area (Å²) in [5.41, 5.74) is 6.38. The van der Waals surface area contributed by atoms with Gasteiger partial charge in [-0.3, -0.25) is 0 Å². The second-order valence-electron chi connectivity index (χ2n) is 3.98. The highest BCUT2D eigenvalue weighted by Crippen LogP contribution is 2.40. The first-order valence-electron chi connectivity index (χ1n) is 5.28. The molecule has 88 valence electrons. The fourth-order valence-corrected chi connectivity index (χ4v) is 2.65. The van der Waals surface area contributed by atoms with E-state index in [4.69, 9.17) is 28.9 Å². The fraction of sp³-hybridized carbons (Fsp3) is 0.455. The third kappa shape index (κ3) is 2.08. The van der Waals surface area contributed by atoms with Crippen LogP contribution < -0.4 is 10.6 Å². The van der Waals surface area contributed by atoms with Crippen LogP contribution in [-0.4, -0.2) is 24.2 Å². The standard InChI is InChI=1S/C11H14Cl2N2O/c12-7-4-9(13)11(16)10(5-7)15-3-1-2-8(15)6-14/h4-5,8,16H,1-3,6,14H2. The fourth-order valence-electron chi connectivity index (χ4n) is 2.17. The Hall–Kier alpha value is -0.640. The molecule has 1 saturated heterocycles. The molecule has 3 N–H and O–H groups in total. The van der Waals surface area contributed by atoms with Gasteiger partial charge >= 0.3 is 0 Å². The molecule has 1 aromatic carbocycles. The first-order chi connectivity index (χ1) is 7.63. The molecule has 1 aliphatic heterocycles. The van der Waals surface area contributed by atoms with Crippen LogP contribution in [-0.2, 0) is 0 Å². The van der Waals surface area contributed by atoms with E-state index in [0.29, 0.717) is 17.3 Å². The molecule has 0 aromatic heterocycles. The van der Waals surface area contributed by atoms with E-state index in [9.17, 15) is 5.11 Å². The van der Waals surface area contributed by atoms with Crippen LogP contribution in [0, 0.1) is 0 Å². The lowest BCUT2D eigenvalue weighted by molar-refractivity contribution is 0.473. The summed E-state index contributed by atoms with van der Waals surface area (Å²) in [6, 6.07) is 3.53. The van der Waals surface area contributed by atoms with Crippen LogP contribution in [0.2, 0.25) is 10.0 Å². The molecule has 16 heavy (non-hydrogen) atoms. The van der Waals surface area contributed by atoms with Gasteiger partial charge in [0, 0.05) is 24.2 Å². The zero-order valence-electron chi connectivity index (χ0n) is 8.79. The molecule has 0 aliphatic carbocycles. The summed E-state index contributed by atoms with van der Waals surface area (Å²) >= 11 is 11.8. The lowest BCUT2D eigenvalue weighted by atomic mass is 10.2. The van der Waals surface area contributed by atoms with Gasteiger partial charge in [0.2, 0.25) is 0 Å². The van der Waals surface area contributed by atoms with Gasteiger partial charge < -0.3 is 15.7 Å². The minimum atomic E-state index is 0.0893. The van der Waals surface area contributed by atoms with Crippen LogP contribution in [0.25, 0.3) is 0 Å². The van der Waals surface area contributed by atoms with E-state index in [-0.39, 0.29) is 16.8 Å². The monoisotopic (exact) mass is 260 g/mol. The van der Waals surface area contributed by atoms with E-state index >= 15 is 0 Å². The molecule has 0 amide bonds. The smallest absolute Gasteiger partial charge is 0.157 e. The van der Waals surface area contributed by atoms with Crippen LogP contribution in [0.4, 0.5) is 5.69 Å². The summed E-state index contributed by atoms with van der Waals surface area (Å²) < 4.78 is 0. The first-order valence-corrected chi connectivity index (χ1v) is 6.03. The molecule has 1 aliphatic rings. The van der Waals surface area contributed by atoms with Crippen molar-refractivity contribution in [2.45, 2.75) is 18.9 Å². The highest BCUT2D eigenvalue weighted by atomic mass is 35.5.